The van der Waals surface area contributed by atoms with Gasteiger partial charge in [0.05, 0.1) is 12.1 Å². The van der Waals surface area contributed by atoms with Gasteiger partial charge in [-0.15, -0.1) is 0 Å². The van der Waals surface area contributed by atoms with Crippen LogP contribution in [0.2, 0.25) is 0 Å². The second kappa shape index (κ2) is 2.06. The molecule has 2 nitrogen and oxygen atoms in total. The number of fused-ring (bicyclic) bond motifs is 6. The number of rotatable bonds is 0. The van der Waals surface area contributed by atoms with Crippen LogP contribution in [-0.4, -0.2) is 0 Å². The molecule has 0 radical (unpaired) electrons. The lowest BCUT2D eigenvalue weighted by Crippen LogP contribution is -2.55. The topological polar surface area (TPSA) is 47.6 Å². The van der Waals surface area contributed by atoms with Crippen LogP contribution in [0.15, 0.2) is 35.9 Å². The molecule has 0 aromatic heterocycles. The van der Waals surface area contributed by atoms with Crippen molar-refractivity contribution in [3.05, 3.63) is 47.0 Å². The van der Waals surface area contributed by atoms with E-state index in [1.165, 1.54) is 5.57 Å². The third-order valence-electron chi connectivity index (χ3n) is 4.40. The van der Waals surface area contributed by atoms with Crippen molar-refractivity contribution in [2.24, 2.45) is 5.92 Å². The number of allylic oxidation sites excluding steroid dienone is 2. The van der Waals surface area contributed by atoms with Crippen LogP contribution in [0, 0.1) is 28.6 Å². The normalized spacial score (nSPS) is 40.4. The Balaban J connectivity index is 2.13. The Kier molecular flexibility index (Phi) is 1.05. The molecule has 0 heterocycles. The van der Waals surface area contributed by atoms with Gasteiger partial charge >= 0.3 is 0 Å². The first-order valence-electron chi connectivity index (χ1n) is 5.44. The van der Waals surface area contributed by atoms with Crippen molar-refractivity contribution in [2.45, 2.75) is 17.3 Å². The van der Waals surface area contributed by atoms with Crippen molar-refractivity contribution >= 4 is 0 Å². The van der Waals surface area contributed by atoms with Gasteiger partial charge in [0.2, 0.25) is 0 Å². The van der Waals surface area contributed by atoms with Gasteiger partial charge < -0.3 is 0 Å². The molecule has 1 saturated carbocycles. The highest BCUT2D eigenvalue weighted by molar-refractivity contribution is 5.74. The fraction of sp³-hybridized carbons (Fsp3) is 0.286. The van der Waals surface area contributed by atoms with Crippen LogP contribution in [0.5, 0.6) is 0 Å². The van der Waals surface area contributed by atoms with E-state index >= 15 is 0 Å². The maximum atomic E-state index is 9.55. The third-order valence-corrected chi connectivity index (χ3v) is 4.40. The highest BCUT2D eigenvalue weighted by Crippen LogP contribution is 2.73. The van der Waals surface area contributed by atoms with Gasteiger partial charge in [-0.25, -0.2) is 0 Å². The minimum atomic E-state index is -0.642. The second-order valence-corrected chi connectivity index (χ2v) is 4.86. The molecule has 1 aromatic rings. The average Bonchev–Trinajstić information content (AvgIpc) is 3.03. The molecule has 2 heteroatoms. The lowest BCUT2D eigenvalue weighted by Gasteiger charge is -2.49. The minimum Gasteiger partial charge on any atom is -0.197 e. The zero-order valence-corrected chi connectivity index (χ0v) is 8.57. The maximum Gasteiger partial charge on any atom is 0.124 e. The number of nitriles is 2. The van der Waals surface area contributed by atoms with Crippen molar-refractivity contribution in [1.29, 1.82) is 10.5 Å². The minimum absolute atomic E-state index is 0.312. The SMILES string of the molecule is N#CC12C=C3CC3C1(C#N)c1ccccc12. The van der Waals surface area contributed by atoms with E-state index in [0.717, 1.165) is 17.5 Å². The Morgan fingerprint density at radius 1 is 1.12 bits per heavy atom. The fourth-order valence-corrected chi connectivity index (χ4v) is 3.64. The van der Waals surface area contributed by atoms with E-state index in [9.17, 15) is 10.5 Å². The molecule has 4 rings (SSSR count). The van der Waals surface area contributed by atoms with Crippen LogP contribution in [-0.2, 0) is 10.8 Å². The highest BCUT2D eigenvalue weighted by Gasteiger charge is 2.75. The molecule has 0 amide bonds. The summed E-state index contributed by atoms with van der Waals surface area (Å²) in [4.78, 5) is 0. The molecule has 74 valence electrons. The Labute approximate surface area is 93.4 Å². The Morgan fingerprint density at radius 2 is 1.88 bits per heavy atom. The zero-order chi connectivity index (χ0) is 11.0. The van der Waals surface area contributed by atoms with Crippen LogP contribution < -0.4 is 0 Å². The number of hydrogen-bond donors (Lipinski definition) is 0. The molecular formula is C14H8N2. The smallest absolute Gasteiger partial charge is 0.124 e. The number of hydrogen-bond acceptors (Lipinski definition) is 2. The molecule has 0 N–H and O–H groups in total. The van der Waals surface area contributed by atoms with Gasteiger partial charge in [-0.2, -0.15) is 10.5 Å². The molecular weight excluding hydrogens is 196 g/mol. The summed E-state index contributed by atoms with van der Waals surface area (Å²) in [5, 5.41) is 19.0. The van der Waals surface area contributed by atoms with Crippen LogP contribution in [0.4, 0.5) is 0 Å². The van der Waals surface area contributed by atoms with Gasteiger partial charge in [0, 0.05) is 5.92 Å². The number of benzene rings is 1. The molecule has 1 aromatic carbocycles. The summed E-state index contributed by atoms with van der Waals surface area (Å²) >= 11 is 0. The van der Waals surface area contributed by atoms with E-state index in [1.54, 1.807) is 0 Å². The Bertz CT molecular complexity index is 643. The average molecular weight is 204 g/mol. The van der Waals surface area contributed by atoms with Gasteiger partial charge in [-0.1, -0.05) is 35.9 Å². The molecule has 3 aliphatic rings. The second-order valence-electron chi connectivity index (χ2n) is 4.86. The largest absolute Gasteiger partial charge is 0.197 e. The fourth-order valence-electron chi connectivity index (χ4n) is 3.64. The molecule has 1 fully saturated rings. The Morgan fingerprint density at radius 3 is 2.56 bits per heavy atom. The predicted molar refractivity (Wildman–Crippen MR) is 57.2 cm³/mol. The molecule has 0 spiro atoms. The molecule has 0 bridgehead atoms. The van der Waals surface area contributed by atoms with Gasteiger partial charge in [-0.05, 0) is 17.5 Å². The summed E-state index contributed by atoms with van der Waals surface area (Å²) in [5.41, 5.74) is 2.22. The first kappa shape index (κ1) is 8.13. The van der Waals surface area contributed by atoms with E-state index in [1.807, 2.05) is 30.3 Å². The molecule has 0 aliphatic heterocycles. The lowest BCUT2D eigenvalue weighted by molar-refractivity contribution is 0.330. The molecule has 3 unspecified atom stereocenters. The quantitative estimate of drug-likeness (QED) is 0.608. The van der Waals surface area contributed by atoms with Crippen molar-refractivity contribution in [2.75, 3.05) is 0 Å². The van der Waals surface area contributed by atoms with Gasteiger partial charge in [-0.3, -0.25) is 0 Å². The molecule has 3 atom stereocenters. The first-order valence-corrected chi connectivity index (χ1v) is 5.44. The van der Waals surface area contributed by atoms with E-state index in [2.05, 4.69) is 12.1 Å². The molecule has 3 aliphatic carbocycles. The molecule has 0 saturated heterocycles. The number of nitrogens with zero attached hydrogens (tertiary/aromatic N) is 2. The van der Waals surface area contributed by atoms with Crippen LogP contribution in [0.25, 0.3) is 0 Å². The summed E-state index contributed by atoms with van der Waals surface area (Å²) in [5.74, 6) is 0.312. The van der Waals surface area contributed by atoms with Crippen LogP contribution in [0.3, 0.4) is 0 Å². The monoisotopic (exact) mass is 204 g/mol. The summed E-state index contributed by atoms with van der Waals surface area (Å²) in [6, 6.07) is 12.7. The van der Waals surface area contributed by atoms with Crippen LogP contribution in [0.1, 0.15) is 17.5 Å². The Hall–Kier alpha value is -2.06. The van der Waals surface area contributed by atoms with Crippen molar-refractivity contribution in [3.8, 4) is 12.1 Å². The summed E-state index contributed by atoms with van der Waals surface area (Å²) < 4.78 is 0. The standard InChI is InChI=1S/C14H8N2/c15-7-13-6-9-5-12(9)14(13,8-16)11-4-2-1-3-10(11)13/h1-4,6,12H,5H2. The molecule has 16 heavy (non-hydrogen) atoms. The highest BCUT2D eigenvalue weighted by atomic mass is 14.7. The summed E-state index contributed by atoms with van der Waals surface area (Å²) in [6.07, 6.45) is 3.05. The van der Waals surface area contributed by atoms with Gasteiger partial charge in [0.15, 0.2) is 0 Å². The van der Waals surface area contributed by atoms with Crippen LogP contribution >= 0.6 is 0 Å². The zero-order valence-electron chi connectivity index (χ0n) is 8.57. The third kappa shape index (κ3) is 0.510. The first-order chi connectivity index (χ1) is 7.80. The lowest BCUT2D eigenvalue weighted by atomic mass is 9.47. The van der Waals surface area contributed by atoms with Gasteiger partial charge in [0.25, 0.3) is 0 Å². The summed E-state index contributed by atoms with van der Waals surface area (Å²) in [6.45, 7) is 0. The van der Waals surface area contributed by atoms with Crippen molar-refractivity contribution < 1.29 is 0 Å². The summed E-state index contributed by atoms with van der Waals surface area (Å²) in [7, 11) is 0. The van der Waals surface area contributed by atoms with E-state index in [0.29, 0.717) is 5.92 Å². The van der Waals surface area contributed by atoms with E-state index in [4.69, 9.17) is 0 Å². The van der Waals surface area contributed by atoms with Crippen molar-refractivity contribution in [1.82, 2.24) is 0 Å². The van der Waals surface area contributed by atoms with E-state index < -0.39 is 10.8 Å². The predicted octanol–water partition coefficient (Wildman–Crippen LogP) is 2.18. The van der Waals surface area contributed by atoms with Gasteiger partial charge in [0.1, 0.15) is 10.8 Å². The van der Waals surface area contributed by atoms with Crippen molar-refractivity contribution in [3.63, 3.8) is 0 Å². The van der Waals surface area contributed by atoms with E-state index in [-0.39, 0.29) is 0 Å². The maximum absolute atomic E-state index is 9.55.